The Morgan fingerprint density at radius 1 is 1.22 bits per heavy atom. The Bertz CT molecular complexity index is 1190. The molecule has 0 atom stereocenters. The summed E-state index contributed by atoms with van der Waals surface area (Å²) in [5, 5.41) is 3.88. The Morgan fingerprint density at radius 2 is 1.94 bits per heavy atom. The zero-order chi connectivity index (χ0) is 26.9. The number of thioether (sulfide) groups is 1. The van der Waals surface area contributed by atoms with Crippen molar-refractivity contribution in [1.29, 1.82) is 0 Å². The summed E-state index contributed by atoms with van der Waals surface area (Å²) < 4.78 is 43.3. The van der Waals surface area contributed by atoms with E-state index in [4.69, 9.17) is 4.74 Å². The van der Waals surface area contributed by atoms with Crippen molar-refractivity contribution >= 4 is 29.8 Å². The first kappa shape index (κ1) is 29.3. The van der Waals surface area contributed by atoms with E-state index in [1.807, 2.05) is 38.1 Å². The van der Waals surface area contributed by atoms with Crippen molar-refractivity contribution in [2.75, 3.05) is 6.61 Å². The van der Waals surface area contributed by atoms with Crippen molar-refractivity contribution in [1.82, 2.24) is 14.3 Å². The standard InChI is InChI=1S/C24H31F3N4O4S/c1-5-35-21(33)23(2,3)36-18-12-8-11-17(16-18)10-6-7-14-28-19-20(32)31(22(34)30(4)29-19)15-9-13-24(25,26)27/h8,11-12,14,16H,5-7,9-10,13,15H2,1-4H3/p+1. The maximum absolute atomic E-state index is 12.5. The number of ether oxygens (including phenoxy) is 1. The van der Waals surface area contributed by atoms with Gasteiger partial charge in [-0.25, -0.2) is 9.79 Å². The van der Waals surface area contributed by atoms with Gasteiger partial charge < -0.3 is 4.74 Å². The number of alkyl halides is 3. The Labute approximate surface area is 211 Å². The third-order valence-electron chi connectivity index (χ3n) is 5.14. The summed E-state index contributed by atoms with van der Waals surface area (Å²) >= 11 is 1.43. The second kappa shape index (κ2) is 12.9. The summed E-state index contributed by atoms with van der Waals surface area (Å²) in [6, 6.07) is 7.88. The highest BCUT2D eigenvalue weighted by atomic mass is 32.2. The van der Waals surface area contributed by atoms with Crippen molar-refractivity contribution in [2.45, 2.75) is 75.2 Å². The van der Waals surface area contributed by atoms with Crippen LogP contribution in [0.4, 0.5) is 19.0 Å². The fraction of sp³-hybridized carbons (Fsp3) is 0.542. The van der Waals surface area contributed by atoms with Crippen LogP contribution in [-0.2, 0) is 29.5 Å². The number of esters is 1. The van der Waals surface area contributed by atoms with Crippen LogP contribution in [0.2, 0.25) is 0 Å². The molecule has 0 aliphatic rings. The first-order valence-corrected chi connectivity index (χ1v) is 12.4. The SMILES string of the molecule is CCOC(=O)C(C)(C)Sc1cccc(CCCC=[NH+]c2nn(C)c(=O)n(CCCC(F)(F)F)c2=O)c1. The molecule has 0 bridgehead atoms. The van der Waals surface area contributed by atoms with E-state index in [0.29, 0.717) is 13.0 Å². The second-order valence-electron chi connectivity index (χ2n) is 8.65. The van der Waals surface area contributed by atoms with Crippen LogP contribution in [0, 0.1) is 0 Å². The van der Waals surface area contributed by atoms with Gasteiger partial charge >= 0.3 is 29.2 Å². The Hall–Kier alpha value is -2.89. The molecule has 0 saturated heterocycles. The van der Waals surface area contributed by atoms with E-state index in [-0.39, 0.29) is 24.8 Å². The highest BCUT2D eigenvalue weighted by molar-refractivity contribution is 8.01. The average molecular weight is 530 g/mol. The van der Waals surface area contributed by atoms with Gasteiger partial charge in [0.1, 0.15) is 4.75 Å². The molecule has 0 aliphatic carbocycles. The Morgan fingerprint density at radius 3 is 2.61 bits per heavy atom. The van der Waals surface area contributed by atoms with Crippen LogP contribution in [0.15, 0.2) is 38.8 Å². The molecule has 0 fully saturated rings. The highest BCUT2D eigenvalue weighted by Crippen LogP contribution is 2.34. The first-order chi connectivity index (χ1) is 16.8. The van der Waals surface area contributed by atoms with E-state index in [1.165, 1.54) is 18.8 Å². The summed E-state index contributed by atoms with van der Waals surface area (Å²) in [6.45, 7) is 5.40. The number of benzene rings is 1. The number of hydrogen-bond acceptors (Lipinski definition) is 6. The number of carbonyl (C=O) groups is 1. The molecule has 2 aromatic rings. The monoisotopic (exact) mass is 529 g/mol. The van der Waals surface area contributed by atoms with E-state index in [1.54, 1.807) is 13.1 Å². The van der Waals surface area contributed by atoms with E-state index in [2.05, 4.69) is 10.1 Å². The van der Waals surface area contributed by atoms with Crippen LogP contribution >= 0.6 is 11.8 Å². The smallest absolute Gasteiger partial charge is 0.411 e. The van der Waals surface area contributed by atoms with Crippen molar-refractivity contribution in [3.05, 3.63) is 50.7 Å². The number of nitrogens with one attached hydrogen (secondary N) is 1. The average Bonchev–Trinajstić information content (AvgIpc) is 2.78. The number of nitrogens with zero attached hydrogens (tertiary/aromatic N) is 3. The summed E-state index contributed by atoms with van der Waals surface area (Å²) in [4.78, 5) is 40.5. The highest BCUT2D eigenvalue weighted by Gasteiger charge is 2.30. The minimum absolute atomic E-state index is 0.122. The molecule has 1 N–H and O–H groups in total. The molecule has 198 valence electrons. The molecular weight excluding hydrogens is 497 g/mol. The predicted molar refractivity (Wildman–Crippen MR) is 132 cm³/mol. The third-order valence-corrected chi connectivity index (χ3v) is 6.31. The van der Waals surface area contributed by atoms with Gasteiger partial charge in [0.2, 0.25) is 0 Å². The van der Waals surface area contributed by atoms with Gasteiger partial charge in [0.15, 0.2) is 0 Å². The topological polar surface area (TPSA) is 97.2 Å². The third kappa shape index (κ3) is 8.96. The van der Waals surface area contributed by atoms with Gasteiger partial charge in [-0.15, -0.1) is 16.4 Å². The lowest BCUT2D eigenvalue weighted by Crippen LogP contribution is -2.67. The van der Waals surface area contributed by atoms with E-state index >= 15 is 0 Å². The molecule has 0 saturated carbocycles. The summed E-state index contributed by atoms with van der Waals surface area (Å²) in [5.41, 5.74) is -0.442. The first-order valence-electron chi connectivity index (χ1n) is 11.6. The normalized spacial score (nSPS) is 12.3. The molecule has 1 aromatic heterocycles. The van der Waals surface area contributed by atoms with Crippen LogP contribution in [-0.4, -0.2) is 44.1 Å². The molecule has 1 aromatic carbocycles. The zero-order valence-corrected chi connectivity index (χ0v) is 21.7. The van der Waals surface area contributed by atoms with Crippen molar-refractivity contribution in [2.24, 2.45) is 7.05 Å². The molecule has 12 heteroatoms. The summed E-state index contributed by atoms with van der Waals surface area (Å²) in [5.74, 6) is -0.392. The van der Waals surface area contributed by atoms with Crippen LogP contribution in [0.25, 0.3) is 0 Å². The van der Waals surface area contributed by atoms with Crippen molar-refractivity contribution in [3.8, 4) is 0 Å². The van der Waals surface area contributed by atoms with Crippen molar-refractivity contribution < 1.29 is 27.7 Å². The number of halogens is 3. The van der Waals surface area contributed by atoms with Crippen LogP contribution in [0.5, 0.6) is 0 Å². The van der Waals surface area contributed by atoms with Gasteiger partial charge in [-0.3, -0.25) is 14.2 Å². The lowest BCUT2D eigenvalue weighted by atomic mass is 10.1. The van der Waals surface area contributed by atoms with Gasteiger partial charge in [-0.2, -0.15) is 13.2 Å². The van der Waals surface area contributed by atoms with E-state index in [0.717, 1.165) is 32.5 Å². The number of unbranched alkanes of at least 4 members (excludes halogenated alkanes) is 1. The molecule has 1 heterocycles. The Balaban J connectivity index is 1.98. The number of aromatic nitrogens is 3. The number of aryl methyl sites for hydroxylation is 2. The molecule has 0 radical (unpaired) electrons. The molecule has 0 unspecified atom stereocenters. The summed E-state index contributed by atoms with van der Waals surface area (Å²) in [7, 11) is 1.33. The predicted octanol–water partition coefficient (Wildman–Crippen LogP) is 2.52. The van der Waals surface area contributed by atoms with Gasteiger partial charge in [-0.05, 0) is 57.7 Å². The maximum atomic E-state index is 12.5. The molecule has 0 amide bonds. The second-order valence-corrected chi connectivity index (χ2v) is 10.3. The van der Waals surface area contributed by atoms with Gasteiger partial charge in [0.05, 0.1) is 25.0 Å². The van der Waals surface area contributed by atoms with Gasteiger partial charge in [0, 0.05) is 24.3 Å². The maximum Gasteiger partial charge on any atom is 0.411 e. The number of rotatable bonds is 12. The minimum Gasteiger partial charge on any atom is -0.465 e. The van der Waals surface area contributed by atoms with Crippen LogP contribution in [0.3, 0.4) is 0 Å². The van der Waals surface area contributed by atoms with Crippen LogP contribution in [0.1, 0.15) is 52.0 Å². The number of hydrogen-bond donors (Lipinski definition) is 1. The quantitative estimate of drug-likeness (QED) is 0.197. The fourth-order valence-corrected chi connectivity index (χ4v) is 4.42. The largest absolute Gasteiger partial charge is 0.465 e. The van der Waals surface area contributed by atoms with Crippen molar-refractivity contribution in [3.63, 3.8) is 0 Å². The van der Waals surface area contributed by atoms with E-state index < -0.39 is 28.6 Å². The molecule has 2 rings (SSSR count). The van der Waals surface area contributed by atoms with Gasteiger partial charge in [-0.1, -0.05) is 12.1 Å². The van der Waals surface area contributed by atoms with Crippen LogP contribution < -0.4 is 16.2 Å². The molecular formula is C24H32F3N4O4S+. The lowest BCUT2D eigenvalue weighted by molar-refractivity contribution is -0.357. The van der Waals surface area contributed by atoms with E-state index in [9.17, 15) is 27.6 Å². The number of carbonyl (C=O) groups excluding carboxylic acids is 1. The summed E-state index contributed by atoms with van der Waals surface area (Å²) in [6.07, 6.45) is -2.12. The lowest BCUT2D eigenvalue weighted by Gasteiger charge is -2.21. The molecule has 0 aliphatic heterocycles. The molecule has 8 nitrogen and oxygen atoms in total. The van der Waals surface area contributed by atoms with Gasteiger partial charge in [0.25, 0.3) is 0 Å². The Kier molecular flexibility index (Phi) is 10.5. The minimum atomic E-state index is -4.36. The molecule has 0 spiro atoms. The molecule has 36 heavy (non-hydrogen) atoms. The zero-order valence-electron chi connectivity index (χ0n) is 20.9. The fourth-order valence-electron chi connectivity index (χ4n) is 3.33.